The predicted octanol–water partition coefficient (Wildman–Crippen LogP) is 4.45. The van der Waals surface area contributed by atoms with E-state index in [0.717, 1.165) is 58.5 Å². The van der Waals surface area contributed by atoms with Crippen molar-refractivity contribution in [1.29, 1.82) is 0 Å². The van der Waals surface area contributed by atoms with Gasteiger partial charge in [-0.05, 0) is 41.5 Å². The summed E-state index contributed by atoms with van der Waals surface area (Å²) in [5.74, 6) is 1.44. The lowest BCUT2D eigenvalue weighted by molar-refractivity contribution is 0.242. The van der Waals surface area contributed by atoms with Gasteiger partial charge in [-0.25, -0.2) is 4.98 Å². The van der Waals surface area contributed by atoms with Crippen molar-refractivity contribution in [2.75, 3.05) is 6.54 Å². The molecule has 0 saturated carbocycles. The van der Waals surface area contributed by atoms with Gasteiger partial charge in [0.2, 0.25) is 0 Å². The smallest absolute Gasteiger partial charge is 0.255 e. The third-order valence-corrected chi connectivity index (χ3v) is 6.48. The fourth-order valence-electron chi connectivity index (χ4n) is 4.62. The Kier molecular flexibility index (Phi) is 5.60. The maximum Gasteiger partial charge on any atom is 0.255 e. The number of hydrogen-bond acceptors (Lipinski definition) is 5. The van der Waals surface area contributed by atoms with Crippen molar-refractivity contribution in [3.63, 3.8) is 0 Å². The minimum Gasteiger partial charge on any atom is -0.489 e. The third kappa shape index (κ3) is 4.46. The minimum atomic E-state index is -0.0676. The lowest BCUT2D eigenvalue weighted by atomic mass is 10.1. The molecule has 6 rings (SSSR count). The molecule has 0 radical (unpaired) electrons. The van der Waals surface area contributed by atoms with E-state index in [4.69, 9.17) is 9.72 Å². The van der Waals surface area contributed by atoms with E-state index in [1.807, 2.05) is 36.4 Å². The molecule has 0 fully saturated rings. The Labute approximate surface area is 202 Å². The summed E-state index contributed by atoms with van der Waals surface area (Å²) in [5, 5.41) is 1.14. The van der Waals surface area contributed by atoms with Gasteiger partial charge in [-0.1, -0.05) is 30.3 Å². The molecule has 174 valence electrons. The second-order valence-electron chi connectivity index (χ2n) is 8.83. The van der Waals surface area contributed by atoms with Crippen LogP contribution in [-0.4, -0.2) is 31.4 Å². The molecule has 0 unspecified atom stereocenters. The number of fused-ring (bicyclic) bond motifs is 2. The van der Waals surface area contributed by atoms with Crippen molar-refractivity contribution in [2.45, 2.75) is 26.1 Å². The van der Waals surface area contributed by atoms with Gasteiger partial charge in [-0.15, -0.1) is 0 Å². The number of nitrogens with zero attached hydrogens (tertiary/aromatic N) is 3. The molecule has 35 heavy (non-hydrogen) atoms. The Balaban J connectivity index is 1.19. The van der Waals surface area contributed by atoms with Crippen LogP contribution in [0.3, 0.4) is 0 Å². The number of rotatable bonds is 6. The van der Waals surface area contributed by atoms with Crippen molar-refractivity contribution in [1.82, 2.24) is 24.8 Å². The summed E-state index contributed by atoms with van der Waals surface area (Å²) in [6, 6.07) is 20.0. The molecule has 4 heterocycles. The molecule has 0 aliphatic carbocycles. The lowest BCUT2D eigenvalue weighted by Gasteiger charge is -2.27. The zero-order valence-electron chi connectivity index (χ0n) is 19.2. The van der Waals surface area contributed by atoms with Crippen LogP contribution in [0.25, 0.3) is 22.3 Å². The van der Waals surface area contributed by atoms with Crippen LogP contribution in [-0.2, 0) is 26.1 Å². The molecular weight excluding hydrogens is 438 g/mol. The van der Waals surface area contributed by atoms with Crippen LogP contribution in [0, 0.1) is 0 Å². The van der Waals surface area contributed by atoms with Crippen LogP contribution < -0.4 is 10.3 Å². The second-order valence-corrected chi connectivity index (χ2v) is 8.83. The molecular formula is C28H25N5O2. The topological polar surface area (TPSA) is 86.9 Å². The van der Waals surface area contributed by atoms with Crippen LogP contribution in [0.5, 0.6) is 5.75 Å². The molecule has 7 nitrogen and oxygen atoms in total. The third-order valence-electron chi connectivity index (χ3n) is 6.48. The zero-order chi connectivity index (χ0) is 23.6. The molecule has 0 atom stereocenters. The number of H-pyrrole nitrogens is 2. The summed E-state index contributed by atoms with van der Waals surface area (Å²) < 4.78 is 6.04. The minimum absolute atomic E-state index is 0.0676. The maximum absolute atomic E-state index is 12.9. The summed E-state index contributed by atoms with van der Waals surface area (Å²) in [7, 11) is 0. The van der Waals surface area contributed by atoms with Gasteiger partial charge in [0.05, 0.1) is 11.3 Å². The van der Waals surface area contributed by atoms with Crippen LogP contribution in [0.2, 0.25) is 0 Å². The number of pyridine rings is 1. The van der Waals surface area contributed by atoms with Crippen molar-refractivity contribution in [2.24, 2.45) is 0 Å². The zero-order valence-corrected chi connectivity index (χ0v) is 19.2. The molecule has 0 amide bonds. The van der Waals surface area contributed by atoms with Gasteiger partial charge in [0.1, 0.15) is 18.2 Å². The van der Waals surface area contributed by atoms with Crippen LogP contribution >= 0.6 is 0 Å². The summed E-state index contributed by atoms with van der Waals surface area (Å²) in [6.45, 7) is 2.70. The highest BCUT2D eigenvalue weighted by Crippen LogP contribution is 2.27. The summed E-state index contributed by atoms with van der Waals surface area (Å²) in [4.78, 5) is 30.3. The number of nitrogens with one attached hydrogen (secondary N) is 2. The SMILES string of the molecule is O=c1[nH]c(-c2ccncc2)nc2c1CN(Cc1c[nH]c3ccc(OCc4ccccc4)cc13)CC2. The highest BCUT2D eigenvalue weighted by atomic mass is 16.5. The monoisotopic (exact) mass is 463 g/mol. The maximum atomic E-state index is 12.9. The molecule has 0 bridgehead atoms. The molecule has 2 N–H and O–H groups in total. The molecule has 5 aromatic rings. The second kappa shape index (κ2) is 9.19. The van der Waals surface area contributed by atoms with E-state index < -0.39 is 0 Å². The Morgan fingerprint density at radius 2 is 1.89 bits per heavy atom. The Morgan fingerprint density at radius 3 is 2.74 bits per heavy atom. The average Bonchev–Trinajstić information content (AvgIpc) is 3.30. The molecule has 0 saturated heterocycles. The number of aromatic nitrogens is 4. The summed E-state index contributed by atoms with van der Waals surface area (Å²) >= 11 is 0. The van der Waals surface area contributed by atoms with E-state index >= 15 is 0 Å². The van der Waals surface area contributed by atoms with Crippen molar-refractivity contribution in [3.8, 4) is 17.1 Å². The number of hydrogen-bond donors (Lipinski definition) is 2. The summed E-state index contributed by atoms with van der Waals surface area (Å²) in [5.41, 5.74) is 5.83. The van der Waals surface area contributed by atoms with Crippen molar-refractivity contribution in [3.05, 3.63) is 112 Å². The van der Waals surface area contributed by atoms with Gasteiger partial charge >= 0.3 is 0 Å². The van der Waals surface area contributed by atoms with E-state index in [9.17, 15) is 4.79 Å². The number of benzene rings is 2. The van der Waals surface area contributed by atoms with E-state index in [0.29, 0.717) is 19.0 Å². The fourth-order valence-corrected chi connectivity index (χ4v) is 4.62. The molecule has 0 spiro atoms. The van der Waals surface area contributed by atoms with Gasteiger partial charge in [0, 0.05) is 61.1 Å². The Hall–Kier alpha value is -4.23. The van der Waals surface area contributed by atoms with Crippen molar-refractivity contribution < 1.29 is 4.74 Å². The first-order valence-corrected chi connectivity index (χ1v) is 11.7. The van der Waals surface area contributed by atoms with Gasteiger partial charge < -0.3 is 14.7 Å². The number of aromatic amines is 2. The highest BCUT2D eigenvalue weighted by Gasteiger charge is 2.22. The Morgan fingerprint density at radius 1 is 1.03 bits per heavy atom. The normalized spacial score (nSPS) is 13.6. The first-order chi connectivity index (χ1) is 17.2. The van der Waals surface area contributed by atoms with E-state index in [1.54, 1.807) is 12.4 Å². The Bertz CT molecular complexity index is 1530. The molecule has 2 aromatic carbocycles. The van der Waals surface area contributed by atoms with Crippen molar-refractivity contribution >= 4 is 10.9 Å². The number of ether oxygens (including phenoxy) is 1. The largest absolute Gasteiger partial charge is 0.489 e. The van der Waals surface area contributed by atoms with Gasteiger partial charge in [0.15, 0.2) is 0 Å². The fraction of sp³-hybridized carbons (Fsp3) is 0.179. The molecule has 1 aliphatic heterocycles. The van der Waals surface area contributed by atoms with E-state index in [1.165, 1.54) is 5.56 Å². The first kappa shape index (κ1) is 21.3. The quantitative estimate of drug-likeness (QED) is 0.389. The lowest BCUT2D eigenvalue weighted by Crippen LogP contribution is -2.35. The van der Waals surface area contributed by atoms with Crippen LogP contribution in [0.15, 0.2) is 84.0 Å². The average molecular weight is 464 g/mol. The van der Waals surface area contributed by atoms with E-state index in [-0.39, 0.29) is 5.56 Å². The first-order valence-electron chi connectivity index (χ1n) is 11.7. The van der Waals surface area contributed by atoms with Crippen LogP contribution in [0.4, 0.5) is 0 Å². The standard InChI is InChI=1S/C28H25N5O2/c34-28-24-17-33(13-10-26(24)31-27(32-28)20-8-11-29-12-9-20)16-21-15-30-25-7-6-22(14-23(21)25)35-18-19-4-2-1-3-5-19/h1-9,11-12,14-15,30H,10,13,16-18H2,(H,31,32,34). The van der Waals surface area contributed by atoms with E-state index in [2.05, 4.69) is 50.3 Å². The molecule has 7 heteroatoms. The summed E-state index contributed by atoms with van der Waals surface area (Å²) in [6.07, 6.45) is 6.20. The van der Waals surface area contributed by atoms with Crippen LogP contribution in [0.1, 0.15) is 22.4 Å². The van der Waals surface area contributed by atoms with Gasteiger partial charge in [-0.2, -0.15) is 0 Å². The van der Waals surface area contributed by atoms with Gasteiger partial charge in [-0.3, -0.25) is 14.7 Å². The molecule has 3 aromatic heterocycles. The molecule has 1 aliphatic rings. The highest BCUT2D eigenvalue weighted by molar-refractivity contribution is 5.84. The predicted molar refractivity (Wildman–Crippen MR) is 135 cm³/mol. The van der Waals surface area contributed by atoms with Gasteiger partial charge in [0.25, 0.3) is 5.56 Å².